The van der Waals surface area contributed by atoms with Gasteiger partial charge in [0.05, 0.1) is 0 Å². The molecule has 0 radical (unpaired) electrons. The first kappa shape index (κ1) is 12.9. The molecule has 0 aromatic carbocycles. The lowest BCUT2D eigenvalue weighted by Gasteiger charge is -2.42. The zero-order valence-electron chi connectivity index (χ0n) is 11.1. The summed E-state index contributed by atoms with van der Waals surface area (Å²) in [5.41, 5.74) is 0.452. The predicted molar refractivity (Wildman–Crippen MR) is 69.8 cm³/mol. The van der Waals surface area contributed by atoms with E-state index in [1.54, 1.807) is 0 Å². The van der Waals surface area contributed by atoms with Crippen molar-refractivity contribution in [3.63, 3.8) is 0 Å². The molecular weight excluding hydrogens is 212 g/mol. The van der Waals surface area contributed by atoms with Gasteiger partial charge in [0.25, 0.3) is 0 Å². The number of carbonyl (C=O) groups is 1. The van der Waals surface area contributed by atoms with Crippen LogP contribution >= 0.6 is 0 Å². The van der Waals surface area contributed by atoms with Crippen molar-refractivity contribution in [3.8, 4) is 0 Å². The average molecular weight is 238 g/mol. The van der Waals surface area contributed by atoms with Gasteiger partial charge in [-0.05, 0) is 44.1 Å². The molecule has 3 heteroatoms. The Kier molecular flexibility index (Phi) is 4.43. The van der Waals surface area contributed by atoms with Gasteiger partial charge in [0.1, 0.15) is 0 Å². The first-order valence-corrected chi connectivity index (χ1v) is 7.24. The minimum Gasteiger partial charge on any atom is -0.355 e. The molecule has 1 heterocycles. The number of hydrogen-bond acceptors (Lipinski definition) is 2. The van der Waals surface area contributed by atoms with Gasteiger partial charge in [0.15, 0.2) is 0 Å². The Morgan fingerprint density at radius 2 is 2.24 bits per heavy atom. The fourth-order valence-electron chi connectivity index (χ4n) is 3.24. The topological polar surface area (TPSA) is 41.1 Å². The second-order valence-corrected chi connectivity index (χ2v) is 5.88. The van der Waals surface area contributed by atoms with Crippen LogP contribution in [0.4, 0.5) is 0 Å². The zero-order chi connectivity index (χ0) is 12.1. The number of amides is 1. The van der Waals surface area contributed by atoms with Crippen molar-refractivity contribution in [1.82, 2.24) is 10.6 Å². The lowest BCUT2D eigenvalue weighted by Crippen LogP contribution is -2.43. The third kappa shape index (κ3) is 3.44. The van der Waals surface area contributed by atoms with Crippen LogP contribution in [0.25, 0.3) is 0 Å². The van der Waals surface area contributed by atoms with Crippen LogP contribution in [0.3, 0.4) is 0 Å². The zero-order valence-corrected chi connectivity index (χ0v) is 11.1. The molecule has 0 aromatic rings. The van der Waals surface area contributed by atoms with E-state index in [-0.39, 0.29) is 5.91 Å². The predicted octanol–water partition coefficient (Wildman–Crippen LogP) is 2.22. The summed E-state index contributed by atoms with van der Waals surface area (Å²) in [5, 5.41) is 6.54. The van der Waals surface area contributed by atoms with Crippen LogP contribution in [0.5, 0.6) is 0 Å². The van der Waals surface area contributed by atoms with E-state index < -0.39 is 0 Å². The summed E-state index contributed by atoms with van der Waals surface area (Å²) in [5.74, 6) is 0.242. The van der Waals surface area contributed by atoms with E-state index in [2.05, 4.69) is 17.6 Å². The number of rotatable bonds is 6. The summed E-state index contributed by atoms with van der Waals surface area (Å²) >= 11 is 0. The largest absolute Gasteiger partial charge is 0.355 e. The van der Waals surface area contributed by atoms with E-state index in [9.17, 15) is 4.79 Å². The highest BCUT2D eigenvalue weighted by molar-refractivity contribution is 5.76. The lowest BCUT2D eigenvalue weighted by atomic mass is 9.66. The standard InChI is InChI=1S/C14H26N2O/c1-2-6-14(7-4-8-14)11-16-13(17)10-12-5-3-9-15-12/h12,15H,2-11H2,1H3,(H,16,17). The van der Waals surface area contributed by atoms with Crippen molar-refractivity contribution < 1.29 is 4.79 Å². The van der Waals surface area contributed by atoms with E-state index >= 15 is 0 Å². The third-order valence-electron chi connectivity index (χ3n) is 4.45. The van der Waals surface area contributed by atoms with Crippen molar-refractivity contribution in [2.75, 3.05) is 13.1 Å². The van der Waals surface area contributed by atoms with Gasteiger partial charge in [-0.3, -0.25) is 4.79 Å². The van der Waals surface area contributed by atoms with E-state index in [0.29, 0.717) is 17.9 Å². The SMILES string of the molecule is CCCC1(CNC(=O)CC2CCCN2)CCC1. The summed E-state index contributed by atoms with van der Waals surface area (Å²) in [7, 11) is 0. The van der Waals surface area contributed by atoms with E-state index in [1.807, 2.05) is 0 Å². The normalized spacial score (nSPS) is 26.5. The Bertz CT molecular complexity index is 255. The van der Waals surface area contributed by atoms with Crippen molar-refractivity contribution >= 4 is 5.91 Å². The van der Waals surface area contributed by atoms with Crippen LogP contribution < -0.4 is 10.6 Å². The summed E-state index contributed by atoms with van der Waals surface area (Å²) < 4.78 is 0. The van der Waals surface area contributed by atoms with Gasteiger partial charge >= 0.3 is 0 Å². The first-order chi connectivity index (χ1) is 8.24. The molecule has 1 saturated heterocycles. The lowest BCUT2D eigenvalue weighted by molar-refractivity contribution is -0.122. The van der Waals surface area contributed by atoms with Crippen LogP contribution in [-0.2, 0) is 4.79 Å². The van der Waals surface area contributed by atoms with Gasteiger partial charge in [-0.2, -0.15) is 0 Å². The number of hydrogen-bond donors (Lipinski definition) is 2. The van der Waals surface area contributed by atoms with Crippen LogP contribution in [-0.4, -0.2) is 25.0 Å². The molecule has 98 valence electrons. The molecule has 2 fully saturated rings. The summed E-state index contributed by atoms with van der Waals surface area (Å²) in [6, 6.07) is 0.429. The van der Waals surface area contributed by atoms with Crippen molar-refractivity contribution in [2.45, 2.75) is 64.3 Å². The molecule has 3 nitrogen and oxygen atoms in total. The van der Waals surface area contributed by atoms with Gasteiger partial charge in [-0.25, -0.2) is 0 Å². The minimum atomic E-state index is 0.242. The highest BCUT2D eigenvalue weighted by atomic mass is 16.1. The maximum atomic E-state index is 11.8. The summed E-state index contributed by atoms with van der Waals surface area (Å²) in [4.78, 5) is 11.8. The van der Waals surface area contributed by atoms with Crippen molar-refractivity contribution in [3.05, 3.63) is 0 Å². The molecule has 2 rings (SSSR count). The van der Waals surface area contributed by atoms with Crippen LogP contribution in [0.2, 0.25) is 0 Å². The van der Waals surface area contributed by atoms with Gasteiger partial charge in [-0.1, -0.05) is 19.8 Å². The van der Waals surface area contributed by atoms with Gasteiger partial charge in [0, 0.05) is 19.0 Å². The van der Waals surface area contributed by atoms with Crippen LogP contribution in [0.15, 0.2) is 0 Å². The molecule has 1 aliphatic heterocycles. The van der Waals surface area contributed by atoms with Gasteiger partial charge in [0.2, 0.25) is 5.91 Å². The summed E-state index contributed by atoms with van der Waals surface area (Å²) in [6.07, 6.45) is 9.52. The fraction of sp³-hybridized carbons (Fsp3) is 0.929. The molecule has 0 aromatic heterocycles. The molecule has 0 spiro atoms. The molecule has 2 aliphatic rings. The molecule has 1 atom stereocenters. The number of nitrogens with one attached hydrogen (secondary N) is 2. The Labute approximate surface area is 105 Å². The fourth-order valence-corrected chi connectivity index (χ4v) is 3.24. The Morgan fingerprint density at radius 1 is 1.41 bits per heavy atom. The second-order valence-electron chi connectivity index (χ2n) is 5.88. The average Bonchev–Trinajstić information content (AvgIpc) is 2.74. The monoisotopic (exact) mass is 238 g/mol. The maximum Gasteiger partial charge on any atom is 0.221 e. The van der Waals surface area contributed by atoms with Gasteiger partial charge in [-0.15, -0.1) is 0 Å². The van der Waals surface area contributed by atoms with E-state index in [1.165, 1.54) is 38.5 Å². The first-order valence-electron chi connectivity index (χ1n) is 7.24. The molecular formula is C14H26N2O. The Morgan fingerprint density at radius 3 is 2.76 bits per heavy atom. The Balaban J connectivity index is 1.67. The Hall–Kier alpha value is -0.570. The molecule has 0 bridgehead atoms. The van der Waals surface area contributed by atoms with E-state index in [4.69, 9.17) is 0 Å². The smallest absolute Gasteiger partial charge is 0.221 e. The van der Waals surface area contributed by atoms with Crippen LogP contribution in [0, 0.1) is 5.41 Å². The van der Waals surface area contributed by atoms with Crippen molar-refractivity contribution in [2.24, 2.45) is 5.41 Å². The van der Waals surface area contributed by atoms with E-state index in [0.717, 1.165) is 19.5 Å². The molecule has 2 N–H and O–H groups in total. The van der Waals surface area contributed by atoms with Crippen molar-refractivity contribution in [1.29, 1.82) is 0 Å². The highest BCUT2D eigenvalue weighted by Gasteiger charge is 2.36. The van der Waals surface area contributed by atoms with Crippen LogP contribution in [0.1, 0.15) is 58.3 Å². The molecule has 17 heavy (non-hydrogen) atoms. The minimum absolute atomic E-state index is 0.242. The second kappa shape index (κ2) is 5.85. The molecule has 1 unspecified atom stereocenters. The maximum absolute atomic E-state index is 11.8. The molecule has 1 aliphatic carbocycles. The molecule has 1 saturated carbocycles. The molecule has 1 amide bonds. The third-order valence-corrected chi connectivity index (χ3v) is 4.45. The summed E-state index contributed by atoms with van der Waals surface area (Å²) in [6.45, 7) is 4.23. The number of carbonyl (C=O) groups excluding carboxylic acids is 1. The quantitative estimate of drug-likeness (QED) is 0.745. The van der Waals surface area contributed by atoms with Gasteiger partial charge < -0.3 is 10.6 Å². The highest BCUT2D eigenvalue weighted by Crippen LogP contribution is 2.44.